The van der Waals surface area contributed by atoms with E-state index < -0.39 is 14.9 Å². The third-order valence-electron chi connectivity index (χ3n) is 5.74. The third-order valence-corrected chi connectivity index (χ3v) is 7.37. The molecule has 1 fully saturated rings. The second kappa shape index (κ2) is 12.2. The summed E-state index contributed by atoms with van der Waals surface area (Å²) in [5, 5.41) is 12.3. The average Bonchev–Trinajstić information content (AvgIpc) is 2.86. The Morgan fingerprint density at radius 2 is 1.64 bits per heavy atom. The van der Waals surface area contributed by atoms with Crippen molar-refractivity contribution in [2.24, 2.45) is 0 Å². The quantitative estimate of drug-likeness (QED) is 0.303. The summed E-state index contributed by atoms with van der Waals surface area (Å²) in [6.45, 7) is 3.49. The number of halogens is 2. The molecule has 1 saturated heterocycles. The molecule has 4 rings (SSSR count). The number of rotatable bonds is 8. The van der Waals surface area contributed by atoms with Crippen molar-refractivity contribution in [2.75, 3.05) is 42.3 Å². The molecule has 0 radical (unpaired) electrons. The van der Waals surface area contributed by atoms with Gasteiger partial charge in [0.05, 0.1) is 9.82 Å². The summed E-state index contributed by atoms with van der Waals surface area (Å²) in [5.74, 6) is 0. The number of benzene rings is 3. The molecule has 0 atom stereocenters. The third kappa shape index (κ3) is 6.98. The smallest absolute Gasteiger partial charge is 0.293 e. The number of hydrogen-bond acceptors (Lipinski definition) is 6. The standard InChI is InChI=1S/C25H25ClN4O4S.ClH/c26-21-8-10-22(11-9-21)27-35(33,34)23-12-13-24(25(19-23)30(31)32)29-17-15-28(16-18-29)14-4-7-20-5-2-1-3-6-20;/h1-13,19,27H,14-18H2;1H. The van der Waals surface area contributed by atoms with Crippen molar-refractivity contribution in [3.63, 3.8) is 0 Å². The van der Waals surface area contributed by atoms with Crippen molar-refractivity contribution in [1.29, 1.82) is 0 Å². The van der Waals surface area contributed by atoms with E-state index in [2.05, 4.69) is 21.8 Å². The lowest BCUT2D eigenvalue weighted by Crippen LogP contribution is -2.46. The molecule has 3 aromatic rings. The van der Waals surface area contributed by atoms with Gasteiger partial charge in [0.15, 0.2) is 0 Å². The topological polar surface area (TPSA) is 95.8 Å². The predicted octanol–water partition coefficient (Wildman–Crippen LogP) is 5.31. The summed E-state index contributed by atoms with van der Waals surface area (Å²) in [6, 6.07) is 20.3. The van der Waals surface area contributed by atoms with Crippen LogP contribution in [0.4, 0.5) is 17.1 Å². The van der Waals surface area contributed by atoms with Crippen LogP contribution < -0.4 is 9.62 Å². The van der Waals surface area contributed by atoms with Gasteiger partial charge in [-0.1, -0.05) is 54.1 Å². The number of hydrogen-bond donors (Lipinski definition) is 1. The van der Waals surface area contributed by atoms with E-state index in [9.17, 15) is 18.5 Å². The SMILES string of the molecule is Cl.O=[N+]([O-])c1cc(S(=O)(=O)Nc2ccc(Cl)cc2)ccc1N1CCN(CC=Cc2ccccc2)CC1. The zero-order valence-electron chi connectivity index (χ0n) is 19.3. The van der Waals surface area contributed by atoms with Gasteiger partial charge in [0, 0.05) is 49.5 Å². The van der Waals surface area contributed by atoms with Crippen LogP contribution in [0.2, 0.25) is 5.02 Å². The number of nitro benzene ring substituents is 1. The molecule has 1 aliphatic heterocycles. The number of nitrogens with zero attached hydrogens (tertiary/aromatic N) is 3. The minimum Gasteiger partial charge on any atom is -0.363 e. The number of sulfonamides is 1. The molecule has 0 amide bonds. The van der Waals surface area contributed by atoms with Crippen LogP contribution in [0.5, 0.6) is 0 Å². The molecule has 0 aliphatic carbocycles. The minimum absolute atomic E-state index is 0. The van der Waals surface area contributed by atoms with Gasteiger partial charge in [-0.25, -0.2) is 8.42 Å². The number of anilines is 2. The van der Waals surface area contributed by atoms with Gasteiger partial charge in [0.2, 0.25) is 0 Å². The maximum Gasteiger partial charge on any atom is 0.293 e. The maximum absolute atomic E-state index is 12.8. The fraction of sp³-hybridized carbons (Fsp3) is 0.200. The fourth-order valence-corrected chi connectivity index (χ4v) is 5.09. The van der Waals surface area contributed by atoms with E-state index in [0.29, 0.717) is 29.5 Å². The second-order valence-electron chi connectivity index (χ2n) is 8.12. The summed E-state index contributed by atoms with van der Waals surface area (Å²) in [5.41, 5.74) is 1.64. The summed E-state index contributed by atoms with van der Waals surface area (Å²) in [7, 11) is -4.00. The Morgan fingerprint density at radius 1 is 0.972 bits per heavy atom. The molecule has 11 heteroatoms. The van der Waals surface area contributed by atoms with Crippen LogP contribution in [0.25, 0.3) is 6.08 Å². The Balaban J connectivity index is 0.00000361. The zero-order valence-corrected chi connectivity index (χ0v) is 21.7. The number of nitro groups is 1. The van der Waals surface area contributed by atoms with Gasteiger partial charge < -0.3 is 4.90 Å². The highest BCUT2D eigenvalue weighted by molar-refractivity contribution is 7.92. The van der Waals surface area contributed by atoms with Crippen LogP contribution in [-0.4, -0.2) is 51.0 Å². The first-order valence-electron chi connectivity index (χ1n) is 11.1. The molecule has 3 aromatic carbocycles. The van der Waals surface area contributed by atoms with Crippen molar-refractivity contribution in [2.45, 2.75) is 4.90 Å². The van der Waals surface area contributed by atoms with Gasteiger partial charge >= 0.3 is 0 Å². The minimum atomic E-state index is -4.00. The Hall–Kier alpha value is -3.11. The second-order valence-corrected chi connectivity index (χ2v) is 10.2. The van der Waals surface area contributed by atoms with E-state index in [1.165, 1.54) is 24.3 Å². The number of nitrogens with one attached hydrogen (secondary N) is 1. The van der Waals surface area contributed by atoms with Gasteiger partial charge in [0.25, 0.3) is 15.7 Å². The van der Waals surface area contributed by atoms with Gasteiger partial charge in [-0.05, 0) is 42.0 Å². The summed E-state index contributed by atoms with van der Waals surface area (Å²) in [4.78, 5) is 15.3. The molecule has 1 N–H and O–H groups in total. The summed E-state index contributed by atoms with van der Waals surface area (Å²) >= 11 is 5.84. The summed E-state index contributed by atoms with van der Waals surface area (Å²) in [6.07, 6.45) is 4.19. The highest BCUT2D eigenvalue weighted by atomic mass is 35.5. The summed E-state index contributed by atoms with van der Waals surface area (Å²) < 4.78 is 28.0. The van der Waals surface area contributed by atoms with Gasteiger partial charge in [0.1, 0.15) is 5.69 Å². The first kappa shape index (κ1) is 27.5. The molecule has 36 heavy (non-hydrogen) atoms. The van der Waals surface area contributed by atoms with Crippen molar-refractivity contribution in [3.8, 4) is 0 Å². The largest absolute Gasteiger partial charge is 0.363 e. The zero-order chi connectivity index (χ0) is 24.8. The Bertz CT molecular complexity index is 1310. The van der Waals surface area contributed by atoms with E-state index in [-0.39, 0.29) is 23.0 Å². The Labute approximate surface area is 221 Å². The van der Waals surface area contributed by atoms with E-state index in [4.69, 9.17) is 11.6 Å². The molecule has 8 nitrogen and oxygen atoms in total. The average molecular weight is 549 g/mol. The monoisotopic (exact) mass is 548 g/mol. The molecule has 1 aliphatic rings. The van der Waals surface area contributed by atoms with Gasteiger partial charge in [-0.15, -0.1) is 12.4 Å². The fourth-order valence-electron chi connectivity index (χ4n) is 3.89. The first-order chi connectivity index (χ1) is 16.8. The molecule has 190 valence electrons. The molecule has 0 spiro atoms. The normalized spacial score (nSPS) is 14.4. The molecular formula is C25H26Cl2N4O4S. The molecule has 1 heterocycles. The van der Waals surface area contributed by atoms with Crippen molar-refractivity contribution in [3.05, 3.63) is 99.6 Å². The molecule has 0 bridgehead atoms. The van der Waals surface area contributed by atoms with E-state index in [1.807, 2.05) is 35.2 Å². The van der Waals surface area contributed by atoms with Gasteiger partial charge in [-0.3, -0.25) is 19.7 Å². The Kier molecular flexibility index (Phi) is 9.33. The molecule has 0 saturated carbocycles. The van der Waals surface area contributed by atoms with Crippen LogP contribution in [0, 0.1) is 10.1 Å². The molecule has 0 unspecified atom stereocenters. The highest BCUT2D eigenvalue weighted by Gasteiger charge is 2.26. The highest BCUT2D eigenvalue weighted by Crippen LogP contribution is 2.32. The predicted molar refractivity (Wildman–Crippen MR) is 147 cm³/mol. The van der Waals surface area contributed by atoms with E-state index in [1.54, 1.807) is 12.1 Å². The van der Waals surface area contributed by atoms with Crippen LogP contribution in [0.1, 0.15) is 5.56 Å². The Morgan fingerprint density at radius 3 is 2.28 bits per heavy atom. The van der Waals surface area contributed by atoms with Crippen LogP contribution >= 0.6 is 24.0 Å². The lowest BCUT2D eigenvalue weighted by atomic mass is 10.2. The van der Waals surface area contributed by atoms with Gasteiger partial charge in [-0.2, -0.15) is 0 Å². The van der Waals surface area contributed by atoms with E-state index in [0.717, 1.165) is 31.3 Å². The van der Waals surface area contributed by atoms with Crippen molar-refractivity contribution < 1.29 is 13.3 Å². The van der Waals surface area contributed by atoms with Crippen LogP contribution in [0.3, 0.4) is 0 Å². The van der Waals surface area contributed by atoms with Crippen molar-refractivity contribution in [1.82, 2.24) is 4.90 Å². The lowest BCUT2D eigenvalue weighted by molar-refractivity contribution is -0.384. The molecule has 0 aromatic heterocycles. The van der Waals surface area contributed by atoms with Crippen LogP contribution in [0.15, 0.2) is 83.8 Å². The lowest BCUT2D eigenvalue weighted by Gasteiger charge is -2.35. The van der Waals surface area contributed by atoms with Crippen molar-refractivity contribution >= 4 is 57.2 Å². The molecular weight excluding hydrogens is 523 g/mol. The van der Waals surface area contributed by atoms with E-state index >= 15 is 0 Å². The first-order valence-corrected chi connectivity index (χ1v) is 12.9. The maximum atomic E-state index is 12.8. The van der Waals surface area contributed by atoms with Crippen LogP contribution in [-0.2, 0) is 10.0 Å². The number of piperazine rings is 1.